The number of rotatable bonds is 6. The molecule has 0 radical (unpaired) electrons. The molecule has 2 aromatic heterocycles. The fourth-order valence-electron chi connectivity index (χ4n) is 3.41. The molecule has 0 aliphatic carbocycles. The quantitative estimate of drug-likeness (QED) is 0.687. The number of aromatic nitrogens is 2. The van der Waals surface area contributed by atoms with E-state index in [9.17, 15) is 4.79 Å². The molecule has 6 nitrogen and oxygen atoms in total. The van der Waals surface area contributed by atoms with Crippen molar-refractivity contribution in [3.05, 3.63) is 90.4 Å². The smallest absolute Gasteiger partial charge is 0.257 e. The van der Waals surface area contributed by atoms with Crippen molar-refractivity contribution in [1.82, 2.24) is 14.9 Å². The molecular formula is C24H25N5O. The Balaban J connectivity index is 1.25. The van der Waals surface area contributed by atoms with Gasteiger partial charge in [-0.25, -0.2) is 4.98 Å². The van der Waals surface area contributed by atoms with E-state index in [1.54, 1.807) is 30.7 Å². The van der Waals surface area contributed by atoms with Gasteiger partial charge in [0, 0.05) is 45.1 Å². The SMILES string of the molecule is O=C(Nc1ccc(N2CCN(C/C=C/c3ccccc3)CC2)nc1)c1cccnc1. The number of nitrogens with zero attached hydrogens (tertiary/aromatic N) is 4. The second kappa shape index (κ2) is 9.80. The van der Waals surface area contributed by atoms with Crippen molar-refractivity contribution in [2.24, 2.45) is 0 Å². The van der Waals surface area contributed by atoms with E-state index in [0.29, 0.717) is 11.3 Å². The molecule has 0 atom stereocenters. The molecule has 0 saturated carbocycles. The minimum absolute atomic E-state index is 0.185. The van der Waals surface area contributed by atoms with Crippen LogP contribution in [-0.4, -0.2) is 53.5 Å². The molecule has 1 N–H and O–H groups in total. The fourth-order valence-corrected chi connectivity index (χ4v) is 3.41. The van der Waals surface area contributed by atoms with Gasteiger partial charge in [0.05, 0.1) is 17.4 Å². The molecule has 30 heavy (non-hydrogen) atoms. The van der Waals surface area contributed by atoms with E-state index < -0.39 is 0 Å². The van der Waals surface area contributed by atoms with Gasteiger partial charge in [0.2, 0.25) is 0 Å². The Morgan fingerprint density at radius 3 is 2.50 bits per heavy atom. The average molecular weight is 399 g/mol. The fraction of sp³-hybridized carbons (Fsp3) is 0.208. The highest BCUT2D eigenvalue weighted by molar-refractivity contribution is 6.03. The van der Waals surface area contributed by atoms with Crippen LogP contribution >= 0.6 is 0 Å². The predicted molar refractivity (Wildman–Crippen MR) is 121 cm³/mol. The summed E-state index contributed by atoms with van der Waals surface area (Å²) in [4.78, 5) is 25.4. The van der Waals surface area contributed by atoms with Crippen LogP contribution in [0, 0.1) is 0 Å². The first-order valence-corrected chi connectivity index (χ1v) is 10.1. The van der Waals surface area contributed by atoms with Crippen molar-refractivity contribution in [2.45, 2.75) is 0 Å². The third-order valence-electron chi connectivity index (χ3n) is 5.10. The average Bonchev–Trinajstić information content (AvgIpc) is 2.81. The van der Waals surface area contributed by atoms with Crippen LogP contribution in [-0.2, 0) is 0 Å². The molecule has 4 rings (SSSR count). The molecule has 0 unspecified atom stereocenters. The van der Waals surface area contributed by atoms with Crippen LogP contribution in [0.5, 0.6) is 0 Å². The number of amides is 1. The van der Waals surface area contributed by atoms with E-state index in [4.69, 9.17) is 0 Å². The number of carbonyl (C=O) groups excluding carboxylic acids is 1. The molecule has 1 aromatic carbocycles. The van der Waals surface area contributed by atoms with Gasteiger partial charge in [-0.1, -0.05) is 42.5 Å². The Bertz CT molecular complexity index is 965. The first-order valence-electron chi connectivity index (χ1n) is 10.1. The number of carbonyl (C=O) groups is 1. The normalized spacial score (nSPS) is 14.7. The number of nitrogens with one attached hydrogen (secondary N) is 1. The lowest BCUT2D eigenvalue weighted by Crippen LogP contribution is -2.46. The topological polar surface area (TPSA) is 61.4 Å². The van der Waals surface area contributed by atoms with Gasteiger partial charge in [0.25, 0.3) is 5.91 Å². The molecule has 1 aliphatic heterocycles. The summed E-state index contributed by atoms with van der Waals surface area (Å²) in [5, 5.41) is 2.86. The molecule has 1 aliphatic rings. The Morgan fingerprint density at radius 2 is 1.80 bits per heavy atom. The van der Waals surface area contributed by atoms with Gasteiger partial charge < -0.3 is 10.2 Å². The first-order chi connectivity index (χ1) is 14.8. The number of hydrogen-bond donors (Lipinski definition) is 1. The van der Waals surface area contributed by atoms with E-state index in [1.165, 1.54) is 5.56 Å². The van der Waals surface area contributed by atoms with Crippen LogP contribution in [0.2, 0.25) is 0 Å². The van der Waals surface area contributed by atoms with Crippen LogP contribution in [0.25, 0.3) is 6.08 Å². The van der Waals surface area contributed by atoms with Crippen LogP contribution < -0.4 is 10.2 Å². The van der Waals surface area contributed by atoms with Crippen LogP contribution in [0.15, 0.2) is 79.3 Å². The van der Waals surface area contributed by atoms with Crippen molar-refractivity contribution in [3.8, 4) is 0 Å². The van der Waals surface area contributed by atoms with E-state index in [1.807, 2.05) is 18.2 Å². The van der Waals surface area contributed by atoms with Gasteiger partial charge in [-0.05, 0) is 29.8 Å². The summed E-state index contributed by atoms with van der Waals surface area (Å²) in [7, 11) is 0. The predicted octanol–water partition coefficient (Wildman–Crippen LogP) is 3.56. The standard InChI is InChI=1S/C24H25N5O/c30-24(21-9-4-12-25-18-21)27-22-10-11-23(26-19-22)29-16-14-28(15-17-29)13-5-8-20-6-2-1-3-7-20/h1-12,18-19H,13-17H2,(H,27,30)/b8-5+. The van der Waals surface area contributed by atoms with Gasteiger partial charge in [-0.2, -0.15) is 0 Å². The Morgan fingerprint density at radius 1 is 0.967 bits per heavy atom. The molecule has 3 heterocycles. The molecule has 1 saturated heterocycles. The first kappa shape index (κ1) is 19.8. The number of benzene rings is 1. The summed E-state index contributed by atoms with van der Waals surface area (Å²) in [5.41, 5.74) is 2.44. The van der Waals surface area contributed by atoms with Crippen LogP contribution in [0.3, 0.4) is 0 Å². The second-order valence-corrected chi connectivity index (χ2v) is 7.20. The van der Waals surface area contributed by atoms with E-state index in [2.05, 4.69) is 61.5 Å². The molecule has 6 heteroatoms. The highest BCUT2D eigenvalue weighted by Crippen LogP contribution is 2.17. The Kier molecular flexibility index (Phi) is 6.47. The Hall–Kier alpha value is -3.51. The minimum Gasteiger partial charge on any atom is -0.354 e. The zero-order valence-electron chi connectivity index (χ0n) is 16.8. The van der Waals surface area contributed by atoms with Crippen LogP contribution in [0.4, 0.5) is 11.5 Å². The third kappa shape index (κ3) is 5.30. The van der Waals surface area contributed by atoms with E-state index >= 15 is 0 Å². The van der Waals surface area contributed by atoms with Gasteiger partial charge in [-0.15, -0.1) is 0 Å². The molecular weight excluding hydrogens is 374 g/mol. The largest absolute Gasteiger partial charge is 0.354 e. The lowest BCUT2D eigenvalue weighted by atomic mass is 10.2. The Labute approximate surface area is 176 Å². The molecule has 152 valence electrons. The minimum atomic E-state index is -0.185. The van der Waals surface area contributed by atoms with Crippen molar-refractivity contribution in [3.63, 3.8) is 0 Å². The number of anilines is 2. The van der Waals surface area contributed by atoms with Crippen molar-refractivity contribution >= 4 is 23.5 Å². The summed E-state index contributed by atoms with van der Waals surface area (Å²) in [6.07, 6.45) is 9.30. The van der Waals surface area contributed by atoms with Gasteiger partial charge in [0.15, 0.2) is 0 Å². The summed E-state index contributed by atoms with van der Waals surface area (Å²) in [5.74, 6) is 0.753. The maximum absolute atomic E-state index is 12.2. The molecule has 1 fully saturated rings. The highest BCUT2D eigenvalue weighted by atomic mass is 16.1. The summed E-state index contributed by atoms with van der Waals surface area (Å²) >= 11 is 0. The highest BCUT2D eigenvalue weighted by Gasteiger charge is 2.17. The molecule has 0 bridgehead atoms. The van der Waals surface area contributed by atoms with Crippen molar-refractivity contribution in [1.29, 1.82) is 0 Å². The molecule has 3 aromatic rings. The zero-order chi connectivity index (χ0) is 20.6. The zero-order valence-corrected chi connectivity index (χ0v) is 16.8. The second-order valence-electron chi connectivity index (χ2n) is 7.20. The van der Waals surface area contributed by atoms with Gasteiger partial charge in [-0.3, -0.25) is 14.7 Å². The van der Waals surface area contributed by atoms with E-state index in [-0.39, 0.29) is 5.91 Å². The maximum Gasteiger partial charge on any atom is 0.257 e. The van der Waals surface area contributed by atoms with E-state index in [0.717, 1.165) is 38.5 Å². The molecule has 1 amide bonds. The number of piperazine rings is 1. The van der Waals surface area contributed by atoms with Gasteiger partial charge in [0.1, 0.15) is 5.82 Å². The summed E-state index contributed by atoms with van der Waals surface area (Å²) in [6.45, 7) is 4.83. The summed E-state index contributed by atoms with van der Waals surface area (Å²) < 4.78 is 0. The maximum atomic E-state index is 12.2. The van der Waals surface area contributed by atoms with Crippen molar-refractivity contribution in [2.75, 3.05) is 42.9 Å². The number of pyridine rings is 2. The number of hydrogen-bond acceptors (Lipinski definition) is 5. The van der Waals surface area contributed by atoms with Gasteiger partial charge >= 0.3 is 0 Å². The summed E-state index contributed by atoms with van der Waals surface area (Å²) in [6, 6.07) is 17.7. The lowest BCUT2D eigenvalue weighted by molar-refractivity contribution is 0.102. The monoisotopic (exact) mass is 399 g/mol. The van der Waals surface area contributed by atoms with Crippen LogP contribution in [0.1, 0.15) is 15.9 Å². The third-order valence-corrected chi connectivity index (χ3v) is 5.10. The lowest BCUT2D eigenvalue weighted by Gasteiger charge is -2.34. The van der Waals surface area contributed by atoms with Crippen molar-refractivity contribution < 1.29 is 4.79 Å². The molecule has 0 spiro atoms.